The van der Waals surface area contributed by atoms with Crippen LogP contribution in [-0.2, 0) is 78.5 Å². The van der Waals surface area contributed by atoms with Crippen LogP contribution < -0.4 is 70.5 Å². The van der Waals surface area contributed by atoms with Crippen molar-refractivity contribution >= 4 is 78.5 Å². The third-order valence-corrected chi connectivity index (χ3v) is 12.8. The van der Waals surface area contributed by atoms with E-state index in [2.05, 4.69) is 98.0 Å². The van der Waals surface area contributed by atoms with Gasteiger partial charge < -0.3 is 83.6 Å². The molecule has 0 saturated carbocycles. The summed E-state index contributed by atoms with van der Waals surface area (Å²) in [6.45, 7) is 11.8. The molecule has 0 heterocycles. The second-order valence-corrected chi connectivity index (χ2v) is 21.9. The van der Waals surface area contributed by atoms with Gasteiger partial charge in [0.25, 0.3) is 0 Å². The lowest BCUT2D eigenvalue weighted by molar-refractivity contribution is -0.437. The molecule has 93 heavy (non-hydrogen) atoms. The van der Waals surface area contributed by atoms with E-state index in [1.165, 1.54) is 13.8 Å². The highest BCUT2D eigenvalue weighted by Crippen LogP contribution is 2.11. The van der Waals surface area contributed by atoms with Crippen molar-refractivity contribution in [2.75, 3.05) is 20.6 Å². The number of carbonyl (C=O) groups excluding carboxylic acids is 8. The predicted octanol–water partition coefficient (Wildman–Crippen LogP) is -6.59. The molecule has 502 valence electrons. The number of amides is 2. The molecule has 5 aromatic carbocycles. The maximum absolute atomic E-state index is 11.7. The number of hydrogen-bond donors (Lipinski definition) is 8. The van der Waals surface area contributed by atoms with Crippen molar-refractivity contribution in [3.8, 4) is 0 Å². The van der Waals surface area contributed by atoms with Gasteiger partial charge in [-0.05, 0) is 69.8 Å². The first-order valence-electron chi connectivity index (χ1n) is 29.6. The summed E-state index contributed by atoms with van der Waals surface area (Å²) in [7, 11) is 3.66. The number of nitrogens with zero attached hydrogens (tertiary/aromatic N) is 6. The van der Waals surface area contributed by atoms with E-state index in [9.17, 15) is 63.9 Å². The molecule has 27 heteroatoms. The molecule has 0 aliphatic heterocycles. The number of quaternary nitrogens is 5. The molecule has 0 fully saturated rings. The van der Waals surface area contributed by atoms with Crippen LogP contribution in [0.15, 0.2) is 147 Å². The first kappa shape index (κ1) is 80.8. The molecule has 5 aromatic rings. The average Bonchev–Trinajstić information content (AvgIpc) is 1.89. The number of hydrogen-bond acceptors (Lipinski definition) is 20. The van der Waals surface area contributed by atoms with Crippen LogP contribution in [0.4, 0.5) is 0 Å². The summed E-state index contributed by atoms with van der Waals surface area (Å²) in [5.74, 6) is -6.11. The molecule has 5 unspecified atom stereocenters. The fourth-order valence-corrected chi connectivity index (χ4v) is 7.19. The van der Waals surface area contributed by atoms with Crippen LogP contribution in [0, 0.1) is 5.92 Å². The van der Waals surface area contributed by atoms with Crippen molar-refractivity contribution in [3.05, 3.63) is 177 Å². The summed E-state index contributed by atoms with van der Waals surface area (Å²) in [6.07, 6.45) is 11.1. The number of ketones is 1. The number of carboxylic acid groups (broad SMARTS) is 5. The molecule has 0 saturated heterocycles. The van der Waals surface area contributed by atoms with E-state index in [-0.39, 0.29) is 24.0 Å². The molecular formula is C66H90N14O13. The summed E-state index contributed by atoms with van der Waals surface area (Å²) >= 11 is 0. The van der Waals surface area contributed by atoms with E-state index in [0.717, 1.165) is 69.3 Å². The molecule has 0 aliphatic carbocycles. The zero-order valence-corrected chi connectivity index (χ0v) is 54.2. The number of aliphatic carboxylic acids is 5. The van der Waals surface area contributed by atoms with Crippen molar-refractivity contribution in [3.63, 3.8) is 0 Å². The van der Waals surface area contributed by atoms with Crippen molar-refractivity contribution < 1.29 is 92.6 Å². The minimum absolute atomic E-state index is 0.213. The lowest BCUT2D eigenvalue weighted by atomic mass is 10.0. The highest BCUT2D eigenvalue weighted by Gasteiger charge is 2.13. The number of carboxylic acids is 5. The number of hydrazone groups is 4. The van der Waals surface area contributed by atoms with Crippen molar-refractivity contribution in [1.29, 1.82) is 0 Å². The molecule has 5 atom stereocenters. The Bertz CT molecular complexity index is 3250. The topological polar surface area (TPSA) is 491 Å². The Morgan fingerprint density at radius 2 is 0.753 bits per heavy atom. The Morgan fingerprint density at radius 1 is 0.452 bits per heavy atom. The lowest BCUT2D eigenvalue weighted by Gasteiger charge is -2.16. The van der Waals surface area contributed by atoms with E-state index in [4.69, 9.17) is 0 Å². The molecule has 27 nitrogen and oxygen atoms in total. The molecule has 0 aromatic heterocycles. The molecule has 18 N–H and O–H groups in total. The largest absolute Gasteiger partial charge is 0.544 e. The molecule has 0 bridgehead atoms. The average molecular weight is 1290 g/mol. The maximum atomic E-state index is 11.7. The van der Waals surface area contributed by atoms with Crippen LogP contribution in [-0.4, -0.2) is 140 Å². The normalized spacial score (nSPS) is 12.6. The van der Waals surface area contributed by atoms with Gasteiger partial charge in [-0.2, -0.15) is 20.4 Å². The Labute approximate surface area is 542 Å². The molecule has 0 aliphatic rings. The quantitative estimate of drug-likeness (QED) is 0.0120. The molecule has 5 rings (SSSR count). The van der Waals surface area contributed by atoms with Gasteiger partial charge in [-0.1, -0.05) is 135 Å². The number of nitrogens with one attached hydrogen (secondary N) is 3. The zero-order chi connectivity index (χ0) is 70.0. The second kappa shape index (κ2) is 45.1. The summed E-state index contributed by atoms with van der Waals surface area (Å²) in [5.41, 5.74) is 33.7. The zero-order valence-electron chi connectivity index (χ0n) is 54.2. The fraction of sp³-hybridized carbons (Fsp3) is 0.348. The van der Waals surface area contributed by atoms with Gasteiger partial charge in [0.2, 0.25) is 17.6 Å². The molecule has 0 radical (unpaired) electrons. The molecular weight excluding hydrogens is 1200 g/mol. The Kier molecular flexibility index (Phi) is 39.2. The van der Waals surface area contributed by atoms with Crippen LogP contribution in [0.5, 0.6) is 0 Å². The summed E-state index contributed by atoms with van der Waals surface area (Å²) in [4.78, 5) is 90.0. The highest BCUT2D eigenvalue weighted by molar-refractivity contribution is 6.35. The van der Waals surface area contributed by atoms with E-state index in [1.807, 2.05) is 115 Å². The van der Waals surface area contributed by atoms with Crippen molar-refractivity contribution in [1.82, 2.24) is 21.3 Å². The summed E-state index contributed by atoms with van der Waals surface area (Å²) < 4.78 is 0. The first-order valence-corrected chi connectivity index (χ1v) is 29.6. The van der Waals surface area contributed by atoms with E-state index in [1.54, 1.807) is 50.0 Å². The van der Waals surface area contributed by atoms with Gasteiger partial charge in [-0.3, -0.25) is 24.4 Å². The maximum Gasteiger partial charge on any atom is 0.236 e. The van der Waals surface area contributed by atoms with E-state index in [0.29, 0.717) is 49.6 Å². The second-order valence-electron chi connectivity index (χ2n) is 21.9. The fourth-order valence-electron chi connectivity index (χ4n) is 7.19. The summed E-state index contributed by atoms with van der Waals surface area (Å²) in [5, 5.41) is 70.2. The first-order chi connectivity index (χ1) is 43.9. The van der Waals surface area contributed by atoms with Crippen LogP contribution in [0.3, 0.4) is 0 Å². The third-order valence-electron chi connectivity index (χ3n) is 12.8. The monoisotopic (exact) mass is 1290 g/mol. The number of Topliss-reactive ketones (excluding diaryl/α,β-unsaturated/α-hetero) is 1. The van der Waals surface area contributed by atoms with Crippen LogP contribution in [0.2, 0.25) is 0 Å². The van der Waals surface area contributed by atoms with Crippen LogP contribution >= 0.6 is 0 Å². The van der Waals surface area contributed by atoms with Crippen LogP contribution in [0.25, 0.3) is 0 Å². The molecule has 0 spiro atoms. The minimum Gasteiger partial charge on any atom is -0.544 e. The van der Waals surface area contributed by atoms with Crippen molar-refractivity contribution in [2.24, 2.45) is 31.3 Å². The standard InChI is InChI=1S/C14H21N3O2.C14H20N2O2.C13H15N3O4.C13H17N3O3.C12H17N3O2/c1-10(2)17(3)16-9-12-6-4-11(5-7-12)8-13(15)14(18)19;1-10(2)8-16-9-12-5-3-11(4-6-12)7-13(15)14(17)18;1-8(17)16-15-7-12(18)10-4-2-9(3-5-10)6-11(14)13(19)20;1-9(17)16-15-7-6-10-2-4-11(5-3-10)8-12(14)13(18)19;1-14-15-7-6-9-2-4-10(5-3-9)8-11(13)12(16)17/h4-7,9-10,13H,8,15H2,1-3H3,(H,18,19);3-6,9-10,13H,7-8,15H2,1-2H3,(H,17,18);2-5,7,11H,6,14H2,1H3,(H,16,17)(H,19,20);2-5,7,12H,6,8,14H2,1H3,(H,16,17)(H,18,19);2-5,7,11,14H,6,8,13H2,1H3,(H,16,17)/b16-9+;;3*15-7+. The van der Waals surface area contributed by atoms with Gasteiger partial charge in [0, 0.05) is 110 Å². The van der Waals surface area contributed by atoms with E-state index < -0.39 is 60.1 Å². The number of carbonyl (C=O) groups is 8. The van der Waals surface area contributed by atoms with Gasteiger partial charge in [0.1, 0.15) is 30.2 Å². The van der Waals surface area contributed by atoms with Gasteiger partial charge in [-0.25, -0.2) is 10.9 Å². The van der Waals surface area contributed by atoms with Crippen molar-refractivity contribution in [2.45, 2.75) is 123 Å². The number of benzene rings is 5. The molecule has 2 amide bonds. The smallest absolute Gasteiger partial charge is 0.236 e. The number of rotatable bonds is 30. The summed E-state index contributed by atoms with van der Waals surface area (Å²) in [6, 6.07) is 33.5. The Hall–Kier alpha value is -10.2. The Morgan fingerprint density at radius 3 is 1.06 bits per heavy atom. The predicted molar refractivity (Wildman–Crippen MR) is 341 cm³/mol. The lowest BCUT2D eigenvalue weighted by Crippen LogP contribution is -2.69. The van der Waals surface area contributed by atoms with Gasteiger partial charge >= 0.3 is 0 Å². The van der Waals surface area contributed by atoms with Crippen LogP contribution in [0.1, 0.15) is 102 Å². The number of aliphatic imine (C=N–C) groups is 1. The SMILES string of the molecule is CC(=O)N/N=C/C(=O)c1ccc(CC([NH3+])C(=O)[O-])cc1.CC(=O)N/N=C/Cc1ccc(CC([NH3+])C(=O)[O-])cc1.CC(C)CN=Cc1ccc(CC([NH3+])C(=O)[O-])cc1.CC(C)N(C)/N=C/c1ccc(CC([NH3+])C(=O)[O-])cc1.CN/N=C/Cc1ccc(CC([NH3+])C(=O)[O-])cc1. The third kappa shape index (κ3) is 38.2. The minimum atomic E-state index is -1.22. The van der Waals surface area contributed by atoms with E-state index >= 15 is 0 Å². The van der Waals surface area contributed by atoms with Gasteiger partial charge in [0.05, 0.1) is 42.3 Å². The highest BCUT2D eigenvalue weighted by atomic mass is 16.4. The Balaban J connectivity index is 0.000000582. The van der Waals surface area contributed by atoms with Gasteiger partial charge in [-0.15, -0.1) is 0 Å². The van der Waals surface area contributed by atoms with Gasteiger partial charge in [0.15, 0.2) is 0 Å².